The number of phenolic OH excluding ortho intramolecular Hbond substituents is 1. The number of hydrogen-bond acceptors (Lipinski definition) is 3. The standard InChI is InChI=1S/C12H16O3/c1-4-8(2)10-6-5-9(7-11(10)13)12(14)15-3/h5-8,13H,4H2,1-3H3. The lowest BCUT2D eigenvalue weighted by atomic mass is 9.96. The van der Waals surface area contributed by atoms with Gasteiger partial charge in [-0.05, 0) is 30.0 Å². The van der Waals surface area contributed by atoms with Crippen LogP contribution in [0.15, 0.2) is 18.2 Å². The van der Waals surface area contributed by atoms with Crippen LogP contribution in [-0.2, 0) is 4.74 Å². The van der Waals surface area contributed by atoms with Crippen molar-refractivity contribution in [3.05, 3.63) is 29.3 Å². The van der Waals surface area contributed by atoms with Gasteiger partial charge in [0, 0.05) is 0 Å². The summed E-state index contributed by atoms with van der Waals surface area (Å²) in [7, 11) is 1.32. The average Bonchev–Trinajstić information content (AvgIpc) is 2.26. The van der Waals surface area contributed by atoms with E-state index in [1.807, 2.05) is 6.92 Å². The summed E-state index contributed by atoms with van der Waals surface area (Å²) in [6.45, 7) is 4.09. The Labute approximate surface area is 89.7 Å². The van der Waals surface area contributed by atoms with Crippen LogP contribution in [-0.4, -0.2) is 18.2 Å². The van der Waals surface area contributed by atoms with Crippen molar-refractivity contribution in [1.82, 2.24) is 0 Å². The number of carbonyl (C=O) groups is 1. The van der Waals surface area contributed by atoms with Crippen LogP contribution in [0.4, 0.5) is 0 Å². The van der Waals surface area contributed by atoms with Crippen molar-refractivity contribution in [3.8, 4) is 5.75 Å². The molecule has 3 heteroatoms. The molecule has 0 aliphatic carbocycles. The minimum absolute atomic E-state index is 0.159. The van der Waals surface area contributed by atoms with Gasteiger partial charge in [-0.3, -0.25) is 0 Å². The molecule has 0 bridgehead atoms. The predicted molar refractivity (Wildman–Crippen MR) is 58.2 cm³/mol. The SMILES string of the molecule is CCC(C)c1ccc(C(=O)OC)cc1O. The van der Waals surface area contributed by atoms with E-state index >= 15 is 0 Å². The van der Waals surface area contributed by atoms with Crippen molar-refractivity contribution in [3.63, 3.8) is 0 Å². The molecular formula is C12H16O3. The van der Waals surface area contributed by atoms with Crippen LogP contribution >= 0.6 is 0 Å². The fraction of sp³-hybridized carbons (Fsp3) is 0.417. The van der Waals surface area contributed by atoms with Crippen molar-refractivity contribution in [2.24, 2.45) is 0 Å². The fourth-order valence-corrected chi connectivity index (χ4v) is 1.43. The molecule has 0 aliphatic rings. The Bertz CT molecular complexity index is 358. The number of hydrogen-bond donors (Lipinski definition) is 1. The van der Waals surface area contributed by atoms with E-state index in [-0.39, 0.29) is 11.7 Å². The molecule has 1 atom stereocenters. The van der Waals surface area contributed by atoms with Crippen LogP contribution in [0, 0.1) is 0 Å². The third-order valence-corrected chi connectivity index (χ3v) is 2.59. The summed E-state index contributed by atoms with van der Waals surface area (Å²) in [5.74, 6) is 0.0185. The maximum absolute atomic E-state index is 11.2. The van der Waals surface area contributed by atoms with Crippen molar-refractivity contribution < 1.29 is 14.6 Å². The number of phenols is 1. The molecule has 0 saturated heterocycles. The number of benzene rings is 1. The molecule has 82 valence electrons. The van der Waals surface area contributed by atoms with E-state index in [1.165, 1.54) is 13.2 Å². The molecule has 0 aromatic heterocycles. The number of carbonyl (C=O) groups excluding carboxylic acids is 1. The quantitative estimate of drug-likeness (QED) is 0.777. The van der Waals surface area contributed by atoms with Gasteiger partial charge in [0.15, 0.2) is 0 Å². The first-order valence-corrected chi connectivity index (χ1v) is 5.01. The zero-order valence-corrected chi connectivity index (χ0v) is 9.28. The van der Waals surface area contributed by atoms with Crippen LogP contribution in [0.1, 0.15) is 42.1 Å². The summed E-state index contributed by atoms with van der Waals surface area (Å²) < 4.78 is 4.57. The molecule has 0 amide bonds. The lowest BCUT2D eigenvalue weighted by molar-refractivity contribution is 0.0600. The third-order valence-electron chi connectivity index (χ3n) is 2.59. The first-order valence-electron chi connectivity index (χ1n) is 5.01. The monoisotopic (exact) mass is 208 g/mol. The van der Waals surface area contributed by atoms with Crippen molar-refractivity contribution in [1.29, 1.82) is 0 Å². The van der Waals surface area contributed by atoms with Crippen LogP contribution in [0.5, 0.6) is 5.75 Å². The van der Waals surface area contributed by atoms with Gasteiger partial charge in [-0.25, -0.2) is 4.79 Å². The Kier molecular flexibility index (Phi) is 3.72. The highest BCUT2D eigenvalue weighted by Gasteiger charge is 2.12. The van der Waals surface area contributed by atoms with E-state index in [0.717, 1.165) is 12.0 Å². The summed E-state index contributed by atoms with van der Waals surface area (Å²) >= 11 is 0. The van der Waals surface area contributed by atoms with Gasteiger partial charge < -0.3 is 9.84 Å². The fourth-order valence-electron chi connectivity index (χ4n) is 1.43. The highest BCUT2D eigenvalue weighted by molar-refractivity contribution is 5.89. The molecule has 1 N–H and O–H groups in total. The topological polar surface area (TPSA) is 46.5 Å². The lowest BCUT2D eigenvalue weighted by Gasteiger charge is -2.11. The number of methoxy groups -OCH3 is 1. The smallest absolute Gasteiger partial charge is 0.337 e. The van der Waals surface area contributed by atoms with E-state index in [2.05, 4.69) is 11.7 Å². The minimum Gasteiger partial charge on any atom is -0.508 e. The Hall–Kier alpha value is -1.51. The van der Waals surface area contributed by atoms with Gasteiger partial charge in [-0.1, -0.05) is 19.9 Å². The minimum atomic E-state index is -0.430. The van der Waals surface area contributed by atoms with E-state index < -0.39 is 5.97 Å². The van der Waals surface area contributed by atoms with Gasteiger partial charge in [0.2, 0.25) is 0 Å². The molecular weight excluding hydrogens is 192 g/mol. The highest BCUT2D eigenvalue weighted by atomic mass is 16.5. The zero-order chi connectivity index (χ0) is 11.4. The summed E-state index contributed by atoms with van der Waals surface area (Å²) in [6, 6.07) is 4.90. The van der Waals surface area contributed by atoms with E-state index in [9.17, 15) is 9.90 Å². The first kappa shape index (κ1) is 11.6. The van der Waals surface area contributed by atoms with Crippen LogP contribution in [0.2, 0.25) is 0 Å². The molecule has 15 heavy (non-hydrogen) atoms. The molecule has 1 rings (SSSR count). The molecule has 1 aromatic carbocycles. The second kappa shape index (κ2) is 4.82. The number of rotatable bonds is 3. The summed E-state index contributed by atoms with van der Waals surface area (Å²) in [4.78, 5) is 11.2. The maximum Gasteiger partial charge on any atom is 0.337 e. The Balaban J connectivity index is 3.03. The number of esters is 1. The molecule has 0 heterocycles. The Morgan fingerprint density at radius 1 is 1.53 bits per heavy atom. The third kappa shape index (κ3) is 2.49. The molecule has 1 aromatic rings. The number of aromatic hydroxyl groups is 1. The molecule has 0 fully saturated rings. The highest BCUT2D eigenvalue weighted by Crippen LogP contribution is 2.28. The summed E-state index contributed by atoms with van der Waals surface area (Å²) in [5, 5.41) is 9.73. The summed E-state index contributed by atoms with van der Waals surface area (Å²) in [6.07, 6.45) is 0.950. The van der Waals surface area contributed by atoms with Crippen LogP contribution in [0.3, 0.4) is 0 Å². The van der Waals surface area contributed by atoms with Gasteiger partial charge in [-0.15, -0.1) is 0 Å². The normalized spacial score (nSPS) is 12.2. The molecule has 3 nitrogen and oxygen atoms in total. The second-order valence-electron chi connectivity index (χ2n) is 3.57. The lowest BCUT2D eigenvalue weighted by Crippen LogP contribution is -2.02. The van der Waals surface area contributed by atoms with Crippen molar-refractivity contribution in [2.45, 2.75) is 26.2 Å². The number of ether oxygens (including phenoxy) is 1. The molecule has 0 saturated carbocycles. The van der Waals surface area contributed by atoms with Gasteiger partial charge in [-0.2, -0.15) is 0 Å². The van der Waals surface area contributed by atoms with Crippen LogP contribution in [0.25, 0.3) is 0 Å². The molecule has 0 radical (unpaired) electrons. The molecule has 1 unspecified atom stereocenters. The van der Waals surface area contributed by atoms with Gasteiger partial charge in [0.1, 0.15) is 5.75 Å². The molecule has 0 aliphatic heterocycles. The van der Waals surface area contributed by atoms with E-state index in [4.69, 9.17) is 0 Å². The summed E-state index contributed by atoms with van der Waals surface area (Å²) in [5.41, 5.74) is 1.24. The molecule has 0 spiro atoms. The van der Waals surface area contributed by atoms with Gasteiger partial charge in [0.05, 0.1) is 12.7 Å². The maximum atomic E-state index is 11.2. The zero-order valence-electron chi connectivity index (χ0n) is 9.28. The van der Waals surface area contributed by atoms with Crippen molar-refractivity contribution >= 4 is 5.97 Å². The Morgan fingerprint density at radius 2 is 2.20 bits per heavy atom. The average molecular weight is 208 g/mol. The van der Waals surface area contributed by atoms with Gasteiger partial charge in [0.25, 0.3) is 0 Å². The van der Waals surface area contributed by atoms with Crippen molar-refractivity contribution in [2.75, 3.05) is 7.11 Å². The van der Waals surface area contributed by atoms with E-state index in [0.29, 0.717) is 5.56 Å². The Morgan fingerprint density at radius 3 is 2.67 bits per heavy atom. The largest absolute Gasteiger partial charge is 0.508 e. The first-order chi connectivity index (χ1) is 7.10. The van der Waals surface area contributed by atoms with Crippen LogP contribution < -0.4 is 0 Å². The predicted octanol–water partition coefficient (Wildman–Crippen LogP) is 2.69. The second-order valence-corrected chi connectivity index (χ2v) is 3.57. The van der Waals surface area contributed by atoms with E-state index in [1.54, 1.807) is 12.1 Å². The van der Waals surface area contributed by atoms with Gasteiger partial charge >= 0.3 is 5.97 Å².